The molecule has 1 aromatic heterocycles. The zero-order valence-electron chi connectivity index (χ0n) is 13.2. The molecule has 2 amide bonds. The highest BCUT2D eigenvalue weighted by Crippen LogP contribution is 2.28. The zero-order valence-corrected chi connectivity index (χ0v) is 13.2. The molecule has 2 rings (SSSR count). The molecule has 1 fully saturated rings. The second-order valence-corrected chi connectivity index (χ2v) is 5.98. The minimum Gasteiger partial charge on any atom is -0.336 e. The molecule has 0 spiro atoms. The number of hydrogen-bond acceptors (Lipinski definition) is 3. The summed E-state index contributed by atoms with van der Waals surface area (Å²) in [5, 5.41) is 4.07. The van der Waals surface area contributed by atoms with E-state index in [1.165, 1.54) is 4.90 Å². The van der Waals surface area contributed by atoms with Crippen molar-refractivity contribution in [1.29, 1.82) is 0 Å². The summed E-state index contributed by atoms with van der Waals surface area (Å²) in [7, 11) is 1.67. The molecule has 0 radical (unpaired) electrons. The number of amides is 2. The summed E-state index contributed by atoms with van der Waals surface area (Å²) in [6.45, 7) is 5.95. The molecule has 1 aliphatic rings. The maximum Gasteiger partial charge on any atom is 0.247 e. The number of carbonyl (C=O) groups excluding carboxylic acids is 2. The first-order valence-corrected chi connectivity index (χ1v) is 7.47. The number of nitrogens with zero attached hydrogens (tertiary/aromatic N) is 4. The lowest BCUT2D eigenvalue weighted by atomic mass is 10.2. The molecule has 6 heteroatoms. The molecule has 21 heavy (non-hydrogen) atoms. The summed E-state index contributed by atoms with van der Waals surface area (Å²) in [5.41, 5.74) is 0. The van der Waals surface area contributed by atoms with Gasteiger partial charge in [-0.2, -0.15) is 5.10 Å². The monoisotopic (exact) mass is 292 g/mol. The van der Waals surface area contributed by atoms with Gasteiger partial charge in [-0.25, -0.2) is 0 Å². The van der Waals surface area contributed by atoms with Gasteiger partial charge in [0.15, 0.2) is 0 Å². The molecule has 0 aromatic carbocycles. The molecule has 0 unspecified atom stereocenters. The Morgan fingerprint density at radius 3 is 2.48 bits per heavy atom. The van der Waals surface area contributed by atoms with Crippen LogP contribution in [0.25, 0.3) is 0 Å². The zero-order chi connectivity index (χ0) is 15.6. The van der Waals surface area contributed by atoms with Gasteiger partial charge < -0.3 is 9.80 Å². The lowest BCUT2D eigenvalue weighted by Crippen LogP contribution is -2.46. The fourth-order valence-electron chi connectivity index (χ4n) is 2.57. The van der Waals surface area contributed by atoms with Crippen molar-refractivity contribution in [2.24, 2.45) is 0 Å². The van der Waals surface area contributed by atoms with Crippen LogP contribution >= 0.6 is 0 Å². The summed E-state index contributed by atoms with van der Waals surface area (Å²) in [5.74, 6) is -0.0810. The molecule has 1 aromatic rings. The lowest BCUT2D eigenvalue weighted by Gasteiger charge is -2.29. The first-order valence-electron chi connectivity index (χ1n) is 7.47. The van der Waals surface area contributed by atoms with E-state index in [9.17, 15) is 9.59 Å². The Kier molecular flexibility index (Phi) is 4.65. The van der Waals surface area contributed by atoms with Gasteiger partial charge in [-0.1, -0.05) is 0 Å². The molecule has 0 aliphatic heterocycles. The summed E-state index contributed by atoms with van der Waals surface area (Å²) in [4.78, 5) is 28.1. The molecule has 1 atom stereocenters. The van der Waals surface area contributed by atoms with Gasteiger partial charge in [-0.05, 0) is 39.7 Å². The maximum atomic E-state index is 12.4. The molecule has 1 aliphatic carbocycles. The second kappa shape index (κ2) is 6.28. The SMILES string of the molecule is CC(C)N(C(=O)CN(C)C(=O)[C@H](C)n1cccn1)C1CC1. The Bertz CT molecular complexity index is 492. The fourth-order valence-corrected chi connectivity index (χ4v) is 2.57. The minimum atomic E-state index is -0.397. The van der Waals surface area contributed by atoms with Crippen molar-refractivity contribution in [3.8, 4) is 0 Å². The molecule has 0 saturated heterocycles. The first-order chi connectivity index (χ1) is 9.91. The van der Waals surface area contributed by atoms with Crippen molar-refractivity contribution in [2.45, 2.75) is 51.7 Å². The Morgan fingerprint density at radius 2 is 2.00 bits per heavy atom. The van der Waals surface area contributed by atoms with Crippen molar-refractivity contribution >= 4 is 11.8 Å². The van der Waals surface area contributed by atoms with Crippen molar-refractivity contribution < 1.29 is 9.59 Å². The Balaban J connectivity index is 1.95. The van der Waals surface area contributed by atoms with E-state index in [0.29, 0.717) is 6.04 Å². The van der Waals surface area contributed by atoms with E-state index in [0.717, 1.165) is 12.8 Å². The van der Waals surface area contributed by atoms with E-state index in [2.05, 4.69) is 5.10 Å². The van der Waals surface area contributed by atoms with E-state index in [-0.39, 0.29) is 24.4 Å². The number of rotatable bonds is 6. The largest absolute Gasteiger partial charge is 0.336 e. The smallest absolute Gasteiger partial charge is 0.247 e. The molecular formula is C15H24N4O2. The third-order valence-electron chi connectivity index (χ3n) is 3.81. The normalized spacial score (nSPS) is 15.9. The van der Waals surface area contributed by atoms with Gasteiger partial charge in [0.1, 0.15) is 6.04 Å². The van der Waals surface area contributed by atoms with Gasteiger partial charge in [0.05, 0.1) is 6.54 Å². The quantitative estimate of drug-likeness (QED) is 0.794. The molecule has 0 N–H and O–H groups in total. The highest BCUT2D eigenvalue weighted by Gasteiger charge is 2.35. The van der Waals surface area contributed by atoms with E-state index in [1.807, 2.05) is 18.7 Å². The number of likely N-dealkylation sites (N-methyl/N-ethyl adjacent to an activating group) is 1. The lowest BCUT2D eigenvalue weighted by molar-refractivity contribution is -0.142. The highest BCUT2D eigenvalue weighted by molar-refractivity contribution is 5.86. The van der Waals surface area contributed by atoms with Crippen LogP contribution in [0.3, 0.4) is 0 Å². The van der Waals surface area contributed by atoms with Gasteiger partial charge in [-0.15, -0.1) is 0 Å². The molecule has 1 heterocycles. The van der Waals surface area contributed by atoms with E-state index < -0.39 is 6.04 Å². The summed E-state index contributed by atoms with van der Waals surface area (Å²) >= 11 is 0. The Morgan fingerprint density at radius 1 is 1.33 bits per heavy atom. The van der Waals surface area contributed by atoms with Crippen molar-refractivity contribution in [3.63, 3.8) is 0 Å². The topological polar surface area (TPSA) is 58.4 Å². The van der Waals surface area contributed by atoms with Crippen molar-refractivity contribution in [3.05, 3.63) is 18.5 Å². The standard InChI is InChI=1S/C15H24N4O2/c1-11(2)19(13-6-7-13)14(20)10-17(4)15(21)12(3)18-9-5-8-16-18/h5,8-9,11-13H,6-7,10H2,1-4H3/t12-/m0/s1. The summed E-state index contributed by atoms with van der Waals surface area (Å²) in [6, 6.07) is 1.93. The van der Waals surface area contributed by atoms with Crippen LogP contribution in [0.2, 0.25) is 0 Å². The molecule has 6 nitrogen and oxygen atoms in total. The average Bonchev–Trinajstić information content (AvgIpc) is 3.08. The van der Waals surface area contributed by atoms with Crippen LogP contribution in [0.15, 0.2) is 18.5 Å². The van der Waals surface area contributed by atoms with Crippen LogP contribution in [0.5, 0.6) is 0 Å². The van der Waals surface area contributed by atoms with Crippen LogP contribution in [0.1, 0.15) is 39.7 Å². The summed E-state index contributed by atoms with van der Waals surface area (Å²) < 4.78 is 1.60. The number of aromatic nitrogens is 2. The van der Waals surface area contributed by atoms with E-state index in [4.69, 9.17) is 0 Å². The predicted molar refractivity (Wildman–Crippen MR) is 79.6 cm³/mol. The number of hydrogen-bond donors (Lipinski definition) is 0. The van der Waals surface area contributed by atoms with Gasteiger partial charge in [0.25, 0.3) is 0 Å². The van der Waals surface area contributed by atoms with Crippen LogP contribution in [-0.2, 0) is 9.59 Å². The molecule has 116 valence electrons. The van der Waals surface area contributed by atoms with E-state index >= 15 is 0 Å². The van der Waals surface area contributed by atoms with Gasteiger partial charge >= 0.3 is 0 Å². The van der Waals surface area contributed by atoms with Gasteiger partial charge in [0.2, 0.25) is 11.8 Å². The fraction of sp³-hybridized carbons (Fsp3) is 0.667. The van der Waals surface area contributed by atoms with Gasteiger partial charge in [0, 0.05) is 31.5 Å². The van der Waals surface area contributed by atoms with Crippen LogP contribution in [0.4, 0.5) is 0 Å². The van der Waals surface area contributed by atoms with Crippen LogP contribution in [-0.4, -0.2) is 57.1 Å². The van der Waals surface area contributed by atoms with Crippen LogP contribution in [0, 0.1) is 0 Å². The maximum absolute atomic E-state index is 12.4. The van der Waals surface area contributed by atoms with E-state index in [1.54, 1.807) is 37.1 Å². The minimum absolute atomic E-state index is 0.0241. The number of carbonyl (C=O) groups is 2. The summed E-state index contributed by atoms with van der Waals surface area (Å²) in [6.07, 6.45) is 5.54. The van der Waals surface area contributed by atoms with Crippen LogP contribution < -0.4 is 0 Å². The van der Waals surface area contributed by atoms with Crippen molar-refractivity contribution in [1.82, 2.24) is 19.6 Å². The molecule has 1 saturated carbocycles. The second-order valence-electron chi connectivity index (χ2n) is 5.98. The molecular weight excluding hydrogens is 268 g/mol. The first kappa shape index (κ1) is 15.5. The average molecular weight is 292 g/mol. The highest BCUT2D eigenvalue weighted by atomic mass is 16.2. The third-order valence-corrected chi connectivity index (χ3v) is 3.81. The molecule has 0 bridgehead atoms. The van der Waals surface area contributed by atoms with Gasteiger partial charge in [-0.3, -0.25) is 14.3 Å². The Hall–Kier alpha value is -1.85. The Labute approximate surface area is 125 Å². The van der Waals surface area contributed by atoms with Crippen molar-refractivity contribution in [2.75, 3.05) is 13.6 Å². The predicted octanol–water partition coefficient (Wildman–Crippen LogP) is 1.30. The third kappa shape index (κ3) is 3.62.